The van der Waals surface area contributed by atoms with E-state index in [9.17, 15) is 13.2 Å². The molecule has 1 aromatic heterocycles. The van der Waals surface area contributed by atoms with E-state index >= 15 is 0 Å². The Hall–Kier alpha value is -1.70. The fraction of sp³-hybridized carbons (Fsp3) is 0.312. The number of rotatable bonds is 4. The van der Waals surface area contributed by atoms with Crippen molar-refractivity contribution in [2.75, 3.05) is 19.4 Å². The van der Waals surface area contributed by atoms with Gasteiger partial charge < -0.3 is 5.32 Å². The summed E-state index contributed by atoms with van der Waals surface area (Å²) in [6.45, 7) is 0. The molecule has 1 aromatic carbocycles. The molecule has 0 saturated heterocycles. The van der Waals surface area contributed by atoms with E-state index in [-0.39, 0.29) is 10.8 Å². The molecule has 0 atom stereocenters. The molecule has 7 heteroatoms. The van der Waals surface area contributed by atoms with Gasteiger partial charge in [-0.3, -0.25) is 4.79 Å². The molecule has 1 heterocycles. The Balaban J connectivity index is 1.81. The highest BCUT2D eigenvalue weighted by Crippen LogP contribution is 2.31. The molecule has 0 aliphatic heterocycles. The molecule has 0 saturated carbocycles. The number of anilines is 1. The molecule has 0 bridgehead atoms. The number of hydrogen-bond acceptors (Lipinski definition) is 4. The standard InChI is InChI=1S/C16H18N2O3S2/c1-18(2)23(20,21)13-7-4-6-12(10-13)17-16(19)15-9-11-5-3-8-14(11)22-15/h4,6-7,9-10H,3,5,8H2,1-2H3,(H,17,19). The number of thiophene rings is 1. The van der Waals surface area contributed by atoms with Crippen LogP contribution in [0.15, 0.2) is 35.2 Å². The van der Waals surface area contributed by atoms with Crippen LogP contribution in [-0.2, 0) is 22.9 Å². The molecule has 0 radical (unpaired) electrons. The number of carbonyl (C=O) groups excluding carboxylic acids is 1. The predicted octanol–water partition coefficient (Wildman–Crippen LogP) is 2.74. The minimum atomic E-state index is -3.51. The summed E-state index contributed by atoms with van der Waals surface area (Å²) in [5.74, 6) is -0.191. The number of nitrogens with zero attached hydrogens (tertiary/aromatic N) is 1. The van der Waals surface area contributed by atoms with Gasteiger partial charge >= 0.3 is 0 Å². The molecule has 122 valence electrons. The van der Waals surface area contributed by atoms with Crippen molar-refractivity contribution in [1.82, 2.24) is 4.31 Å². The number of carbonyl (C=O) groups is 1. The Morgan fingerprint density at radius 3 is 2.70 bits per heavy atom. The maximum atomic E-state index is 12.4. The Morgan fingerprint density at radius 2 is 2.00 bits per heavy atom. The van der Waals surface area contributed by atoms with Crippen molar-refractivity contribution < 1.29 is 13.2 Å². The lowest BCUT2D eigenvalue weighted by Gasteiger charge is -2.12. The smallest absolute Gasteiger partial charge is 0.265 e. The van der Waals surface area contributed by atoms with E-state index in [1.807, 2.05) is 6.07 Å². The average Bonchev–Trinajstić information content (AvgIpc) is 3.08. The van der Waals surface area contributed by atoms with Gasteiger partial charge in [0, 0.05) is 24.7 Å². The van der Waals surface area contributed by atoms with Crippen LogP contribution in [0, 0.1) is 0 Å². The third kappa shape index (κ3) is 3.17. The lowest BCUT2D eigenvalue weighted by atomic mass is 10.2. The van der Waals surface area contributed by atoms with Gasteiger partial charge in [0.15, 0.2) is 0 Å². The van der Waals surface area contributed by atoms with Crippen molar-refractivity contribution in [2.24, 2.45) is 0 Å². The lowest BCUT2D eigenvalue weighted by molar-refractivity contribution is 0.103. The summed E-state index contributed by atoms with van der Waals surface area (Å²) in [6.07, 6.45) is 3.24. The van der Waals surface area contributed by atoms with Gasteiger partial charge in [-0.1, -0.05) is 6.07 Å². The second kappa shape index (κ2) is 6.07. The number of fused-ring (bicyclic) bond motifs is 1. The molecule has 1 N–H and O–H groups in total. The van der Waals surface area contributed by atoms with Crippen molar-refractivity contribution >= 4 is 33.0 Å². The number of amides is 1. The SMILES string of the molecule is CN(C)S(=O)(=O)c1cccc(NC(=O)c2cc3c(s2)CCC3)c1. The summed E-state index contributed by atoms with van der Waals surface area (Å²) >= 11 is 1.53. The maximum Gasteiger partial charge on any atom is 0.265 e. The monoisotopic (exact) mass is 350 g/mol. The summed E-state index contributed by atoms with van der Waals surface area (Å²) in [5.41, 5.74) is 1.75. The fourth-order valence-electron chi connectivity index (χ4n) is 2.58. The summed E-state index contributed by atoms with van der Waals surface area (Å²) in [5, 5.41) is 2.79. The van der Waals surface area contributed by atoms with Crippen LogP contribution < -0.4 is 5.32 Å². The van der Waals surface area contributed by atoms with E-state index in [1.54, 1.807) is 12.1 Å². The first-order chi connectivity index (χ1) is 10.9. The molecular weight excluding hydrogens is 332 g/mol. The van der Waals surface area contributed by atoms with Crippen LogP contribution in [0.4, 0.5) is 5.69 Å². The highest BCUT2D eigenvalue weighted by atomic mass is 32.2. The number of sulfonamides is 1. The quantitative estimate of drug-likeness (QED) is 0.922. The van der Waals surface area contributed by atoms with E-state index in [0.717, 1.165) is 23.6 Å². The molecule has 1 amide bonds. The van der Waals surface area contributed by atoms with Crippen molar-refractivity contribution in [2.45, 2.75) is 24.2 Å². The van der Waals surface area contributed by atoms with Gasteiger partial charge in [-0.2, -0.15) is 0 Å². The normalized spacial score (nSPS) is 14.0. The van der Waals surface area contributed by atoms with E-state index in [4.69, 9.17) is 0 Å². The Bertz CT molecular complexity index is 832. The molecule has 0 spiro atoms. The van der Waals surface area contributed by atoms with E-state index in [1.165, 1.54) is 48.0 Å². The van der Waals surface area contributed by atoms with Gasteiger partial charge in [0.1, 0.15) is 0 Å². The summed E-state index contributed by atoms with van der Waals surface area (Å²) in [7, 11) is -0.553. The first-order valence-electron chi connectivity index (χ1n) is 7.33. The predicted molar refractivity (Wildman–Crippen MR) is 91.6 cm³/mol. The van der Waals surface area contributed by atoms with Gasteiger partial charge in [-0.25, -0.2) is 12.7 Å². The van der Waals surface area contributed by atoms with Crippen LogP contribution in [0.25, 0.3) is 0 Å². The third-order valence-electron chi connectivity index (χ3n) is 3.84. The topological polar surface area (TPSA) is 66.5 Å². The second-order valence-electron chi connectivity index (χ2n) is 5.68. The number of hydrogen-bond donors (Lipinski definition) is 1. The van der Waals surface area contributed by atoms with E-state index < -0.39 is 10.0 Å². The highest BCUT2D eigenvalue weighted by Gasteiger charge is 2.20. The summed E-state index contributed by atoms with van der Waals surface area (Å²) in [4.78, 5) is 14.5. The highest BCUT2D eigenvalue weighted by molar-refractivity contribution is 7.89. The average molecular weight is 350 g/mol. The maximum absolute atomic E-state index is 12.4. The van der Waals surface area contributed by atoms with Crippen LogP contribution in [0.2, 0.25) is 0 Å². The van der Waals surface area contributed by atoms with Crippen LogP contribution in [0.1, 0.15) is 26.5 Å². The zero-order valence-corrected chi connectivity index (χ0v) is 14.6. The van der Waals surface area contributed by atoms with Crippen molar-refractivity contribution in [3.05, 3.63) is 45.6 Å². The number of nitrogens with one attached hydrogen (secondary N) is 1. The fourth-order valence-corrected chi connectivity index (χ4v) is 4.68. The third-order valence-corrected chi connectivity index (χ3v) is 6.89. The van der Waals surface area contributed by atoms with Gasteiger partial charge in [-0.05, 0) is 49.1 Å². The molecule has 1 aliphatic carbocycles. The first-order valence-corrected chi connectivity index (χ1v) is 9.59. The molecular formula is C16H18N2O3S2. The summed E-state index contributed by atoms with van der Waals surface area (Å²) < 4.78 is 25.4. The minimum absolute atomic E-state index is 0.161. The molecule has 0 fully saturated rings. The van der Waals surface area contributed by atoms with Crippen molar-refractivity contribution in [3.8, 4) is 0 Å². The Kier molecular flexibility index (Phi) is 4.27. The molecule has 0 unspecified atom stereocenters. The molecule has 1 aliphatic rings. The Morgan fingerprint density at radius 1 is 1.22 bits per heavy atom. The molecule has 23 heavy (non-hydrogen) atoms. The molecule has 3 rings (SSSR count). The van der Waals surface area contributed by atoms with E-state index in [2.05, 4.69) is 5.32 Å². The largest absolute Gasteiger partial charge is 0.321 e. The minimum Gasteiger partial charge on any atom is -0.321 e. The van der Waals surface area contributed by atoms with Crippen LogP contribution in [-0.4, -0.2) is 32.7 Å². The van der Waals surface area contributed by atoms with Gasteiger partial charge in [0.2, 0.25) is 10.0 Å². The first kappa shape index (κ1) is 16.2. The van der Waals surface area contributed by atoms with Crippen LogP contribution >= 0.6 is 11.3 Å². The van der Waals surface area contributed by atoms with Crippen LogP contribution in [0.3, 0.4) is 0 Å². The van der Waals surface area contributed by atoms with Crippen LogP contribution in [0.5, 0.6) is 0 Å². The number of benzene rings is 1. The lowest BCUT2D eigenvalue weighted by Crippen LogP contribution is -2.22. The zero-order valence-electron chi connectivity index (χ0n) is 13.0. The summed E-state index contributed by atoms with van der Waals surface area (Å²) in [6, 6.07) is 8.26. The Labute approximate surface area is 140 Å². The second-order valence-corrected chi connectivity index (χ2v) is 8.97. The number of aryl methyl sites for hydroxylation is 2. The van der Waals surface area contributed by atoms with E-state index in [0.29, 0.717) is 10.6 Å². The van der Waals surface area contributed by atoms with Gasteiger partial charge in [-0.15, -0.1) is 11.3 Å². The van der Waals surface area contributed by atoms with Crippen molar-refractivity contribution in [3.63, 3.8) is 0 Å². The van der Waals surface area contributed by atoms with Crippen molar-refractivity contribution in [1.29, 1.82) is 0 Å². The molecule has 2 aromatic rings. The molecule has 5 nitrogen and oxygen atoms in total. The van der Waals surface area contributed by atoms with Gasteiger partial charge in [0.05, 0.1) is 9.77 Å². The zero-order chi connectivity index (χ0) is 16.6. The van der Waals surface area contributed by atoms with Gasteiger partial charge in [0.25, 0.3) is 5.91 Å².